The summed E-state index contributed by atoms with van der Waals surface area (Å²) in [6, 6.07) is 0. The maximum absolute atomic E-state index is 11.3. The molecule has 0 spiro atoms. The highest BCUT2D eigenvalue weighted by Crippen LogP contribution is 2.24. The van der Waals surface area contributed by atoms with Crippen LogP contribution in [0.5, 0.6) is 0 Å². The third-order valence-corrected chi connectivity index (χ3v) is 2.78. The Hall–Kier alpha value is -1.13. The highest BCUT2D eigenvalue weighted by atomic mass is 16.5. The Balaban J connectivity index is 2.36. The molecule has 1 amide bonds. The minimum absolute atomic E-state index is 0.203. The van der Waals surface area contributed by atoms with Gasteiger partial charge in [-0.1, -0.05) is 18.2 Å². The number of rotatable bonds is 4. The smallest absolute Gasteiger partial charge is 0.244 e. The van der Waals surface area contributed by atoms with Gasteiger partial charge in [0, 0.05) is 25.6 Å². The number of hydrogen-bond donors (Lipinski definition) is 2. The molecule has 1 fully saturated rings. The summed E-state index contributed by atoms with van der Waals surface area (Å²) in [4.78, 5) is 11.3. The van der Waals surface area contributed by atoms with Crippen LogP contribution in [0.2, 0.25) is 0 Å². The van der Waals surface area contributed by atoms with Gasteiger partial charge in [-0.15, -0.1) is 0 Å². The van der Waals surface area contributed by atoms with Crippen molar-refractivity contribution in [3.8, 4) is 0 Å². The zero-order valence-corrected chi connectivity index (χ0v) is 9.77. The zero-order valence-electron chi connectivity index (χ0n) is 9.77. The van der Waals surface area contributed by atoms with Gasteiger partial charge in [-0.3, -0.25) is 4.79 Å². The summed E-state index contributed by atoms with van der Waals surface area (Å²) >= 11 is 0. The molecule has 2 unspecified atom stereocenters. The number of carbonyl (C=O) groups is 1. The molecular weight excluding hydrogens is 206 g/mol. The summed E-state index contributed by atoms with van der Waals surface area (Å²) in [5.74, 6) is -0.203. The molecule has 1 aliphatic rings. The predicted molar refractivity (Wildman–Crippen MR) is 61.9 cm³/mol. The molecule has 0 aromatic rings. The maximum atomic E-state index is 11.3. The van der Waals surface area contributed by atoms with Crippen LogP contribution in [0, 0.1) is 0 Å². The number of aliphatic hydroxyl groups is 1. The van der Waals surface area contributed by atoms with Gasteiger partial charge in [-0.25, -0.2) is 0 Å². The van der Waals surface area contributed by atoms with E-state index in [4.69, 9.17) is 4.74 Å². The van der Waals surface area contributed by atoms with Crippen LogP contribution in [-0.4, -0.2) is 35.9 Å². The normalized spacial score (nSPS) is 30.3. The van der Waals surface area contributed by atoms with Crippen molar-refractivity contribution in [2.75, 3.05) is 13.2 Å². The Labute approximate surface area is 96.0 Å². The topological polar surface area (TPSA) is 58.6 Å². The Morgan fingerprint density at radius 1 is 1.62 bits per heavy atom. The molecule has 1 rings (SSSR count). The second-order valence-corrected chi connectivity index (χ2v) is 3.97. The van der Waals surface area contributed by atoms with Crippen molar-refractivity contribution in [1.82, 2.24) is 5.32 Å². The van der Waals surface area contributed by atoms with E-state index in [2.05, 4.69) is 5.32 Å². The maximum Gasteiger partial charge on any atom is 0.244 e. The molecule has 2 atom stereocenters. The molecular formula is C12H19NO3. The number of amides is 1. The van der Waals surface area contributed by atoms with Crippen LogP contribution in [-0.2, 0) is 9.53 Å². The first-order valence-electron chi connectivity index (χ1n) is 5.49. The Morgan fingerprint density at radius 3 is 2.94 bits per heavy atom. The third-order valence-electron chi connectivity index (χ3n) is 2.78. The van der Waals surface area contributed by atoms with E-state index in [0.717, 1.165) is 0 Å². The molecule has 0 bridgehead atoms. The van der Waals surface area contributed by atoms with Crippen molar-refractivity contribution in [1.29, 1.82) is 0 Å². The van der Waals surface area contributed by atoms with E-state index in [9.17, 15) is 9.90 Å². The minimum Gasteiger partial charge on any atom is -0.385 e. The molecule has 0 radical (unpaired) electrons. The minimum atomic E-state index is -0.926. The number of carbonyl (C=O) groups excluding carboxylic acids is 1. The monoisotopic (exact) mass is 225 g/mol. The van der Waals surface area contributed by atoms with Gasteiger partial charge in [-0.05, 0) is 13.8 Å². The van der Waals surface area contributed by atoms with Crippen LogP contribution in [0.15, 0.2) is 24.3 Å². The molecule has 1 aliphatic heterocycles. The van der Waals surface area contributed by atoms with Crippen molar-refractivity contribution in [3.63, 3.8) is 0 Å². The van der Waals surface area contributed by atoms with Crippen molar-refractivity contribution in [3.05, 3.63) is 24.3 Å². The molecule has 4 nitrogen and oxygen atoms in total. The van der Waals surface area contributed by atoms with Crippen LogP contribution in [0.3, 0.4) is 0 Å². The quantitative estimate of drug-likeness (QED) is 0.549. The van der Waals surface area contributed by atoms with Crippen LogP contribution in [0.4, 0.5) is 0 Å². The second-order valence-electron chi connectivity index (χ2n) is 3.97. The first kappa shape index (κ1) is 12.9. The van der Waals surface area contributed by atoms with Crippen LogP contribution < -0.4 is 5.32 Å². The van der Waals surface area contributed by atoms with Gasteiger partial charge >= 0.3 is 0 Å². The van der Waals surface area contributed by atoms with Crippen molar-refractivity contribution in [2.45, 2.75) is 32.0 Å². The molecule has 1 heterocycles. The molecule has 90 valence electrons. The van der Waals surface area contributed by atoms with Crippen molar-refractivity contribution < 1.29 is 14.6 Å². The molecule has 1 saturated heterocycles. The summed E-state index contributed by atoms with van der Waals surface area (Å²) in [6.07, 6.45) is 7.04. The summed E-state index contributed by atoms with van der Waals surface area (Å²) in [5, 5.41) is 12.8. The second kappa shape index (κ2) is 5.82. The predicted octanol–water partition coefficient (Wildman–Crippen LogP) is 0.775. The van der Waals surface area contributed by atoms with Crippen LogP contribution in [0.25, 0.3) is 0 Å². The highest BCUT2D eigenvalue weighted by molar-refractivity contribution is 5.87. The fourth-order valence-electron chi connectivity index (χ4n) is 1.56. The number of allylic oxidation sites excluding steroid dienone is 3. The van der Waals surface area contributed by atoms with Gasteiger partial charge in [0.05, 0.1) is 6.10 Å². The first-order valence-corrected chi connectivity index (χ1v) is 5.49. The van der Waals surface area contributed by atoms with E-state index in [0.29, 0.717) is 13.0 Å². The fourth-order valence-corrected chi connectivity index (χ4v) is 1.56. The molecule has 2 N–H and O–H groups in total. The van der Waals surface area contributed by atoms with E-state index in [1.807, 2.05) is 19.9 Å². The van der Waals surface area contributed by atoms with Crippen molar-refractivity contribution in [2.24, 2.45) is 0 Å². The van der Waals surface area contributed by atoms with E-state index in [-0.39, 0.29) is 18.6 Å². The van der Waals surface area contributed by atoms with Gasteiger partial charge in [0.15, 0.2) is 0 Å². The highest BCUT2D eigenvalue weighted by Gasteiger charge is 2.39. The average Bonchev–Trinajstić information content (AvgIpc) is 2.58. The van der Waals surface area contributed by atoms with Gasteiger partial charge in [0.25, 0.3) is 0 Å². The van der Waals surface area contributed by atoms with Crippen molar-refractivity contribution >= 4 is 5.91 Å². The van der Waals surface area contributed by atoms with E-state index in [1.54, 1.807) is 12.2 Å². The lowest BCUT2D eigenvalue weighted by molar-refractivity contribution is -0.118. The Morgan fingerprint density at radius 2 is 2.38 bits per heavy atom. The largest absolute Gasteiger partial charge is 0.385 e. The first-order chi connectivity index (χ1) is 7.58. The number of nitrogens with one attached hydrogen (secondary N) is 1. The molecule has 0 aromatic carbocycles. The van der Waals surface area contributed by atoms with E-state index >= 15 is 0 Å². The van der Waals surface area contributed by atoms with Crippen LogP contribution in [0.1, 0.15) is 20.3 Å². The summed E-state index contributed by atoms with van der Waals surface area (Å²) in [6.45, 7) is 4.46. The number of hydrogen-bond acceptors (Lipinski definition) is 3. The summed E-state index contributed by atoms with van der Waals surface area (Å²) in [5.41, 5.74) is -0.926. The Bertz CT molecular complexity index is 299. The molecule has 4 heteroatoms. The lowest BCUT2D eigenvalue weighted by Gasteiger charge is -2.25. The molecule has 0 aromatic heterocycles. The van der Waals surface area contributed by atoms with E-state index in [1.165, 1.54) is 6.08 Å². The Kier molecular flexibility index (Phi) is 4.71. The lowest BCUT2D eigenvalue weighted by Crippen LogP contribution is -2.47. The summed E-state index contributed by atoms with van der Waals surface area (Å²) < 4.78 is 5.27. The van der Waals surface area contributed by atoms with Gasteiger partial charge in [0.2, 0.25) is 5.91 Å². The molecule has 0 aliphatic carbocycles. The lowest BCUT2D eigenvalue weighted by atomic mass is 9.97. The average molecular weight is 225 g/mol. The zero-order chi connectivity index (χ0) is 12.0. The van der Waals surface area contributed by atoms with Gasteiger partial charge < -0.3 is 15.2 Å². The number of ether oxygens (including phenoxy) is 1. The fraction of sp³-hybridized carbons (Fsp3) is 0.583. The third kappa shape index (κ3) is 3.47. The molecule has 0 saturated carbocycles. The SMILES string of the molecule is CC=CC=CC(=O)NCC1(O)CCOC1C. The summed E-state index contributed by atoms with van der Waals surface area (Å²) in [7, 11) is 0. The standard InChI is InChI=1S/C12H19NO3/c1-3-4-5-6-11(14)13-9-12(15)7-8-16-10(12)2/h3-6,10,15H,7-9H2,1-2H3,(H,13,14). The van der Waals surface area contributed by atoms with E-state index < -0.39 is 5.60 Å². The van der Waals surface area contributed by atoms with Gasteiger partial charge in [-0.2, -0.15) is 0 Å². The van der Waals surface area contributed by atoms with Crippen LogP contribution >= 0.6 is 0 Å². The van der Waals surface area contributed by atoms with Gasteiger partial charge in [0.1, 0.15) is 5.60 Å². The molecule has 16 heavy (non-hydrogen) atoms.